The molecule has 0 saturated carbocycles. The Balaban J connectivity index is 2.01. The van der Waals surface area contributed by atoms with E-state index in [2.05, 4.69) is 35.1 Å². The fourth-order valence-electron chi connectivity index (χ4n) is 2.88. The van der Waals surface area contributed by atoms with Crippen molar-refractivity contribution in [3.05, 3.63) is 63.1 Å². The second-order valence-electron chi connectivity index (χ2n) is 6.49. The highest BCUT2D eigenvalue weighted by Gasteiger charge is 2.17. The Morgan fingerprint density at radius 2 is 1.96 bits per heavy atom. The summed E-state index contributed by atoms with van der Waals surface area (Å²) >= 11 is 3.42. The Morgan fingerprint density at radius 3 is 2.64 bits per heavy atom. The Labute approximate surface area is 154 Å². The normalized spacial score (nSPS) is 11.2. The number of hydrogen-bond donors (Lipinski definition) is 1. The first-order valence-corrected chi connectivity index (χ1v) is 8.92. The molecule has 0 aliphatic rings. The van der Waals surface area contributed by atoms with Crippen LogP contribution in [-0.4, -0.2) is 15.0 Å². The maximum absolute atomic E-state index is 12.7. The van der Waals surface area contributed by atoms with Crippen molar-refractivity contribution < 1.29 is 4.79 Å². The van der Waals surface area contributed by atoms with E-state index in [4.69, 9.17) is 0 Å². The highest BCUT2D eigenvalue weighted by molar-refractivity contribution is 9.10. The molecule has 0 aliphatic carbocycles. The largest absolute Gasteiger partial charge is 0.339 e. The van der Waals surface area contributed by atoms with Gasteiger partial charge >= 0.3 is 0 Å². The van der Waals surface area contributed by atoms with Crippen molar-refractivity contribution in [2.75, 3.05) is 5.32 Å². The molecule has 0 saturated heterocycles. The van der Waals surface area contributed by atoms with Crippen LogP contribution in [0.1, 0.15) is 24.3 Å². The van der Waals surface area contributed by atoms with Gasteiger partial charge in [0, 0.05) is 24.3 Å². The number of pyridine rings is 1. The van der Waals surface area contributed by atoms with Crippen molar-refractivity contribution in [1.82, 2.24) is 9.13 Å². The number of hydrogen-bond acceptors (Lipinski definition) is 2. The lowest BCUT2D eigenvalue weighted by atomic mass is 10.2. The Morgan fingerprint density at radius 1 is 1.24 bits per heavy atom. The predicted octanol–water partition coefficient (Wildman–Crippen LogP) is 4.01. The third kappa shape index (κ3) is 3.39. The Hall–Kier alpha value is -2.34. The van der Waals surface area contributed by atoms with Gasteiger partial charge < -0.3 is 14.5 Å². The van der Waals surface area contributed by atoms with Crippen LogP contribution >= 0.6 is 15.9 Å². The van der Waals surface area contributed by atoms with Crippen LogP contribution in [0.5, 0.6) is 0 Å². The van der Waals surface area contributed by atoms with E-state index in [0.717, 1.165) is 9.99 Å². The standard InChI is InChI=1S/C19H20BrN3O2/c1-12(2)11-23-9-8-16-13(19(23)25)10-17(22(16)3)18(24)21-15-7-5-4-6-14(15)20/h4-10,12H,11H2,1-3H3,(H,21,24). The van der Waals surface area contributed by atoms with Crippen molar-refractivity contribution in [3.63, 3.8) is 0 Å². The smallest absolute Gasteiger partial charge is 0.272 e. The topological polar surface area (TPSA) is 56.0 Å². The van der Waals surface area contributed by atoms with Gasteiger partial charge in [0.05, 0.1) is 16.6 Å². The lowest BCUT2D eigenvalue weighted by molar-refractivity contribution is 0.101. The second kappa shape index (κ2) is 6.88. The van der Waals surface area contributed by atoms with Crippen molar-refractivity contribution in [2.45, 2.75) is 20.4 Å². The zero-order chi connectivity index (χ0) is 18.1. The number of rotatable bonds is 4. The number of fused-ring (bicyclic) bond motifs is 1. The number of benzene rings is 1. The quantitative estimate of drug-likeness (QED) is 0.717. The van der Waals surface area contributed by atoms with Crippen LogP contribution in [0.25, 0.3) is 10.9 Å². The van der Waals surface area contributed by atoms with Gasteiger partial charge in [-0.15, -0.1) is 0 Å². The molecule has 0 atom stereocenters. The predicted molar refractivity (Wildman–Crippen MR) is 104 cm³/mol. The number of aromatic nitrogens is 2. The van der Waals surface area contributed by atoms with E-state index in [1.54, 1.807) is 28.4 Å². The lowest BCUT2D eigenvalue weighted by Gasteiger charge is -2.09. The van der Waals surface area contributed by atoms with Crippen LogP contribution in [0, 0.1) is 5.92 Å². The fourth-order valence-corrected chi connectivity index (χ4v) is 3.26. The van der Waals surface area contributed by atoms with Crippen molar-refractivity contribution in [1.29, 1.82) is 0 Å². The maximum Gasteiger partial charge on any atom is 0.272 e. The summed E-state index contributed by atoms with van der Waals surface area (Å²) in [5.41, 5.74) is 1.82. The van der Waals surface area contributed by atoms with E-state index in [0.29, 0.717) is 29.2 Å². The summed E-state index contributed by atoms with van der Waals surface area (Å²) in [4.78, 5) is 25.3. The average Bonchev–Trinajstić information content (AvgIpc) is 2.90. The molecular weight excluding hydrogens is 382 g/mol. The number of nitrogens with zero attached hydrogens (tertiary/aromatic N) is 2. The van der Waals surface area contributed by atoms with Crippen LogP contribution in [0.4, 0.5) is 5.69 Å². The number of aryl methyl sites for hydroxylation is 1. The minimum absolute atomic E-state index is 0.0678. The molecule has 1 amide bonds. The summed E-state index contributed by atoms with van der Waals surface area (Å²) in [6.07, 6.45) is 1.79. The molecule has 1 N–H and O–H groups in total. The van der Waals surface area contributed by atoms with Crippen LogP contribution in [0.15, 0.2) is 51.9 Å². The summed E-state index contributed by atoms with van der Waals surface area (Å²) in [6.45, 7) is 4.79. The van der Waals surface area contributed by atoms with Gasteiger partial charge in [-0.3, -0.25) is 9.59 Å². The minimum atomic E-state index is -0.250. The summed E-state index contributed by atoms with van der Waals surface area (Å²) in [5.74, 6) is 0.123. The summed E-state index contributed by atoms with van der Waals surface area (Å²) in [6, 6.07) is 11.0. The molecule has 6 heteroatoms. The number of carbonyl (C=O) groups excluding carboxylic acids is 1. The number of amides is 1. The van der Waals surface area contributed by atoms with Crippen LogP contribution in [-0.2, 0) is 13.6 Å². The first-order chi connectivity index (χ1) is 11.9. The van der Waals surface area contributed by atoms with E-state index in [1.165, 1.54) is 0 Å². The second-order valence-corrected chi connectivity index (χ2v) is 7.34. The molecule has 3 rings (SSSR count). The van der Waals surface area contributed by atoms with Crippen molar-refractivity contribution >= 4 is 38.4 Å². The fraction of sp³-hybridized carbons (Fsp3) is 0.263. The first kappa shape index (κ1) is 17.5. The van der Waals surface area contributed by atoms with Gasteiger partial charge in [0.15, 0.2) is 0 Å². The number of para-hydroxylation sites is 1. The minimum Gasteiger partial charge on any atom is -0.339 e. The number of carbonyl (C=O) groups is 1. The molecule has 25 heavy (non-hydrogen) atoms. The molecule has 1 aromatic carbocycles. The molecule has 2 aromatic heterocycles. The van der Waals surface area contributed by atoms with Crippen LogP contribution in [0.3, 0.4) is 0 Å². The Bertz CT molecular complexity index is 1000. The number of halogens is 1. The van der Waals surface area contributed by atoms with Gasteiger partial charge in [0.2, 0.25) is 0 Å². The van der Waals surface area contributed by atoms with Gasteiger partial charge in [0.1, 0.15) is 5.69 Å². The van der Waals surface area contributed by atoms with E-state index in [1.807, 2.05) is 30.3 Å². The molecule has 0 unspecified atom stereocenters. The molecule has 0 spiro atoms. The Kier molecular flexibility index (Phi) is 4.81. The van der Waals surface area contributed by atoms with Gasteiger partial charge in [-0.1, -0.05) is 26.0 Å². The molecular formula is C19H20BrN3O2. The highest BCUT2D eigenvalue weighted by Crippen LogP contribution is 2.23. The highest BCUT2D eigenvalue weighted by atomic mass is 79.9. The third-order valence-corrected chi connectivity index (χ3v) is 4.79. The summed E-state index contributed by atoms with van der Waals surface area (Å²) in [5, 5.41) is 3.44. The van der Waals surface area contributed by atoms with Gasteiger partial charge in [-0.05, 0) is 46.1 Å². The third-order valence-electron chi connectivity index (χ3n) is 4.10. The number of nitrogens with one attached hydrogen (secondary N) is 1. The van der Waals surface area contributed by atoms with Gasteiger partial charge in [0.25, 0.3) is 11.5 Å². The number of anilines is 1. The summed E-state index contributed by atoms with van der Waals surface area (Å²) in [7, 11) is 1.80. The maximum atomic E-state index is 12.7. The van der Waals surface area contributed by atoms with Gasteiger partial charge in [-0.2, -0.15) is 0 Å². The molecule has 2 heterocycles. The van der Waals surface area contributed by atoms with E-state index < -0.39 is 0 Å². The van der Waals surface area contributed by atoms with Crippen molar-refractivity contribution in [2.24, 2.45) is 13.0 Å². The van der Waals surface area contributed by atoms with E-state index in [9.17, 15) is 9.59 Å². The van der Waals surface area contributed by atoms with Gasteiger partial charge in [-0.25, -0.2) is 0 Å². The SMILES string of the molecule is CC(C)Cn1ccc2c(cc(C(=O)Nc3ccccc3Br)n2C)c1=O. The molecule has 0 fully saturated rings. The molecule has 0 aliphatic heterocycles. The van der Waals surface area contributed by atoms with E-state index >= 15 is 0 Å². The molecule has 0 bridgehead atoms. The van der Waals surface area contributed by atoms with Crippen LogP contribution in [0.2, 0.25) is 0 Å². The summed E-state index contributed by atoms with van der Waals surface area (Å²) < 4.78 is 4.26. The molecule has 130 valence electrons. The van der Waals surface area contributed by atoms with Crippen LogP contribution < -0.4 is 10.9 Å². The van der Waals surface area contributed by atoms with E-state index in [-0.39, 0.29) is 11.5 Å². The lowest BCUT2D eigenvalue weighted by Crippen LogP contribution is -2.21. The monoisotopic (exact) mass is 401 g/mol. The average molecular weight is 402 g/mol. The molecule has 3 aromatic rings. The first-order valence-electron chi connectivity index (χ1n) is 8.13. The molecule has 0 radical (unpaired) electrons. The molecule has 5 nitrogen and oxygen atoms in total. The zero-order valence-electron chi connectivity index (χ0n) is 14.4. The van der Waals surface area contributed by atoms with Crippen molar-refractivity contribution in [3.8, 4) is 0 Å². The zero-order valence-corrected chi connectivity index (χ0v) is 16.0.